The van der Waals surface area contributed by atoms with Gasteiger partial charge in [-0.1, -0.05) is 0 Å². The number of nitro benzene ring substituents is 1. The Bertz CT molecular complexity index is 1090. The van der Waals surface area contributed by atoms with Crippen LogP contribution in [0.25, 0.3) is 22.4 Å². The molecule has 0 radical (unpaired) electrons. The molecule has 162 valence electrons. The molecule has 1 aromatic heterocycles. The molecule has 9 nitrogen and oxygen atoms in total. The van der Waals surface area contributed by atoms with Crippen molar-refractivity contribution < 1.29 is 19.2 Å². The zero-order valence-corrected chi connectivity index (χ0v) is 17.3. The highest BCUT2D eigenvalue weighted by Crippen LogP contribution is 2.27. The SMILES string of the molecule is CCOC(=O)c1ccc2c(c1)nc(-c1ccc([N+](=O)[O-])cc1)n2CCN1CCCOC1. The maximum absolute atomic E-state index is 12.1. The summed E-state index contributed by atoms with van der Waals surface area (Å²) in [5.74, 6) is 0.310. The number of nitrogens with zero attached hydrogens (tertiary/aromatic N) is 4. The molecule has 0 aliphatic carbocycles. The Morgan fingerprint density at radius 3 is 2.71 bits per heavy atom. The van der Waals surface area contributed by atoms with Crippen LogP contribution in [-0.2, 0) is 16.0 Å². The molecule has 0 N–H and O–H groups in total. The van der Waals surface area contributed by atoms with E-state index >= 15 is 0 Å². The van der Waals surface area contributed by atoms with E-state index in [1.165, 1.54) is 12.1 Å². The first kappa shape index (κ1) is 21.0. The number of rotatable bonds is 7. The molecule has 0 spiro atoms. The molecule has 3 aromatic rings. The average Bonchev–Trinajstić information content (AvgIpc) is 3.16. The Kier molecular flexibility index (Phi) is 6.24. The van der Waals surface area contributed by atoms with E-state index in [2.05, 4.69) is 9.47 Å². The van der Waals surface area contributed by atoms with E-state index < -0.39 is 4.92 Å². The highest BCUT2D eigenvalue weighted by molar-refractivity contribution is 5.94. The van der Waals surface area contributed by atoms with E-state index in [1.54, 1.807) is 31.2 Å². The second-order valence-corrected chi connectivity index (χ2v) is 7.32. The van der Waals surface area contributed by atoms with Crippen molar-refractivity contribution >= 4 is 22.7 Å². The van der Waals surface area contributed by atoms with E-state index in [4.69, 9.17) is 14.5 Å². The summed E-state index contributed by atoms with van der Waals surface area (Å²) in [5.41, 5.74) is 2.81. The number of hydrogen-bond donors (Lipinski definition) is 0. The molecule has 0 bridgehead atoms. The molecule has 4 rings (SSSR count). The zero-order valence-electron chi connectivity index (χ0n) is 17.3. The van der Waals surface area contributed by atoms with Crippen LogP contribution in [0.1, 0.15) is 23.7 Å². The van der Waals surface area contributed by atoms with Crippen molar-refractivity contribution in [3.05, 3.63) is 58.1 Å². The van der Waals surface area contributed by atoms with Gasteiger partial charge in [0.2, 0.25) is 0 Å². The van der Waals surface area contributed by atoms with Crippen molar-refractivity contribution in [3.63, 3.8) is 0 Å². The number of carbonyl (C=O) groups excluding carboxylic acids is 1. The van der Waals surface area contributed by atoms with Crippen LogP contribution in [0.15, 0.2) is 42.5 Å². The quantitative estimate of drug-likeness (QED) is 0.325. The second kappa shape index (κ2) is 9.23. The first-order valence-electron chi connectivity index (χ1n) is 10.3. The summed E-state index contributed by atoms with van der Waals surface area (Å²) in [6.07, 6.45) is 1.00. The Morgan fingerprint density at radius 1 is 1.23 bits per heavy atom. The van der Waals surface area contributed by atoms with Crippen LogP contribution < -0.4 is 0 Å². The summed E-state index contributed by atoms with van der Waals surface area (Å²) >= 11 is 0. The summed E-state index contributed by atoms with van der Waals surface area (Å²) in [6.45, 7) is 5.89. The lowest BCUT2D eigenvalue weighted by Gasteiger charge is -2.26. The number of fused-ring (bicyclic) bond motifs is 1. The highest BCUT2D eigenvalue weighted by Gasteiger charge is 2.18. The summed E-state index contributed by atoms with van der Waals surface area (Å²) in [5, 5.41) is 11.0. The Hall–Kier alpha value is -3.30. The third-order valence-electron chi connectivity index (χ3n) is 5.27. The topological polar surface area (TPSA) is 99.7 Å². The van der Waals surface area contributed by atoms with Gasteiger partial charge in [0.1, 0.15) is 5.82 Å². The van der Waals surface area contributed by atoms with Crippen molar-refractivity contribution in [2.24, 2.45) is 0 Å². The van der Waals surface area contributed by atoms with Gasteiger partial charge in [0.25, 0.3) is 5.69 Å². The van der Waals surface area contributed by atoms with Crippen LogP contribution in [0.5, 0.6) is 0 Å². The van der Waals surface area contributed by atoms with E-state index in [9.17, 15) is 14.9 Å². The summed E-state index contributed by atoms with van der Waals surface area (Å²) in [6, 6.07) is 11.7. The number of hydrogen-bond acceptors (Lipinski definition) is 7. The monoisotopic (exact) mass is 424 g/mol. The summed E-state index contributed by atoms with van der Waals surface area (Å²) in [7, 11) is 0. The second-order valence-electron chi connectivity index (χ2n) is 7.32. The fourth-order valence-corrected chi connectivity index (χ4v) is 3.72. The van der Waals surface area contributed by atoms with Crippen LogP contribution in [0, 0.1) is 10.1 Å². The van der Waals surface area contributed by atoms with Crippen molar-refractivity contribution in [1.29, 1.82) is 0 Å². The van der Waals surface area contributed by atoms with Crippen LogP contribution >= 0.6 is 0 Å². The standard InChI is InChI=1S/C22H24N4O5/c1-2-31-22(27)17-6-9-20-19(14-17)23-21(16-4-7-18(8-5-16)26(28)29)25(20)12-11-24-10-3-13-30-15-24/h4-9,14H,2-3,10-13,15H2,1H3. The molecule has 1 aliphatic rings. The minimum atomic E-state index is -0.422. The van der Waals surface area contributed by atoms with Crippen LogP contribution in [-0.4, -0.2) is 58.4 Å². The van der Waals surface area contributed by atoms with Gasteiger partial charge in [-0.15, -0.1) is 0 Å². The van der Waals surface area contributed by atoms with Crippen LogP contribution in [0.4, 0.5) is 5.69 Å². The molecular weight excluding hydrogens is 400 g/mol. The summed E-state index contributed by atoms with van der Waals surface area (Å²) in [4.78, 5) is 29.7. The third kappa shape index (κ3) is 4.57. The fourth-order valence-electron chi connectivity index (χ4n) is 3.72. The first-order chi connectivity index (χ1) is 15.1. The lowest BCUT2D eigenvalue weighted by Crippen LogP contribution is -2.35. The number of non-ortho nitro benzene ring substituents is 1. The third-order valence-corrected chi connectivity index (χ3v) is 5.27. The zero-order chi connectivity index (χ0) is 21.8. The van der Waals surface area contributed by atoms with Gasteiger partial charge in [-0.3, -0.25) is 15.0 Å². The fraction of sp³-hybridized carbons (Fsp3) is 0.364. The lowest BCUT2D eigenvalue weighted by molar-refractivity contribution is -0.384. The average molecular weight is 424 g/mol. The number of esters is 1. The number of nitro groups is 1. The molecule has 1 fully saturated rings. The van der Waals surface area contributed by atoms with Gasteiger partial charge in [0.15, 0.2) is 0 Å². The van der Waals surface area contributed by atoms with E-state index in [0.717, 1.165) is 37.2 Å². The van der Waals surface area contributed by atoms with Crippen molar-refractivity contribution in [3.8, 4) is 11.4 Å². The molecular formula is C22H24N4O5. The number of aromatic nitrogens is 2. The van der Waals surface area contributed by atoms with Gasteiger partial charge < -0.3 is 14.0 Å². The van der Waals surface area contributed by atoms with E-state index in [1.807, 2.05) is 6.07 Å². The van der Waals surface area contributed by atoms with Crippen LogP contribution in [0.3, 0.4) is 0 Å². The van der Waals surface area contributed by atoms with Crippen molar-refractivity contribution in [2.45, 2.75) is 19.9 Å². The number of carbonyl (C=O) groups is 1. The molecule has 31 heavy (non-hydrogen) atoms. The smallest absolute Gasteiger partial charge is 0.338 e. The first-order valence-corrected chi connectivity index (χ1v) is 10.3. The number of benzene rings is 2. The molecule has 2 heterocycles. The van der Waals surface area contributed by atoms with E-state index in [0.29, 0.717) is 36.8 Å². The molecule has 9 heteroatoms. The van der Waals surface area contributed by atoms with Gasteiger partial charge in [0.05, 0.1) is 34.9 Å². The van der Waals surface area contributed by atoms with Gasteiger partial charge in [-0.2, -0.15) is 0 Å². The molecule has 1 aliphatic heterocycles. The molecule has 1 saturated heterocycles. The Morgan fingerprint density at radius 2 is 2.03 bits per heavy atom. The highest BCUT2D eigenvalue weighted by atomic mass is 16.6. The maximum Gasteiger partial charge on any atom is 0.338 e. The predicted molar refractivity (Wildman–Crippen MR) is 115 cm³/mol. The molecule has 2 aromatic carbocycles. The molecule has 0 unspecified atom stereocenters. The largest absolute Gasteiger partial charge is 0.462 e. The molecule has 0 saturated carbocycles. The van der Waals surface area contributed by atoms with Gasteiger partial charge in [0, 0.05) is 43.9 Å². The minimum absolute atomic E-state index is 0.0291. The van der Waals surface area contributed by atoms with E-state index in [-0.39, 0.29) is 11.7 Å². The van der Waals surface area contributed by atoms with Gasteiger partial charge in [-0.25, -0.2) is 9.78 Å². The predicted octanol–water partition coefficient (Wildman–Crippen LogP) is 3.47. The van der Waals surface area contributed by atoms with Gasteiger partial charge >= 0.3 is 5.97 Å². The van der Waals surface area contributed by atoms with Crippen molar-refractivity contribution in [2.75, 3.05) is 33.0 Å². The number of imidazole rings is 1. The maximum atomic E-state index is 12.1. The van der Waals surface area contributed by atoms with Crippen molar-refractivity contribution in [1.82, 2.24) is 14.5 Å². The normalized spacial score (nSPS) is 14.6. The molecule has 0 amide bonds. The lowest BCUT2D eigenvalue weighted by atomic mass is 10.2. The Balaban J connectivity index is 1.71. The Labute approximate surface area is 179 Å². The molecule has 0 atom stereocenters. The minimum Gasteiger partial charge on any atom is -0.462 e. The number of ether oxygens (including phenoxy) is 2. The summed E-state index contributed by atoms with van der Waals surface area (Å²) < 4.78 is 12.7. The van der Waals surface area contributed by atoms with Gasteiger partial charge in [-0.05, 0) is 43.7 Å². The van der Waals surface area contributed by atoms with Crippen LogP contribution in [0.2, 0.25) is 0 Å².